The van der Waals surface area contributed by atoms with E-state index in [-0.39, 0.29) is 5.57 Å². The van der Waals surface area contributed by atoms with Gasteiger partial charge in [-0.2, -0.15) is 0 Å². The van der Waals surface area contributed by atoms with Crippen molar-refractivity contribution in [1.82, 2.24) is 14.4 Å². The third-order valence-electron chi connectivity index (χ3n) is 5.24. The molecule has 1 fully saturated rings. The van der Waals surface area contributed by atoms with Crippen molar-refractivity contribution in [2.75, 3.05) is 14.1 Å². The Morgan fingerprint density at radius 2 is 1.48 bits per heavy atom. The highest BCUT2D eigenvalue weighted by Crippen LogP contribution is 2.26. The van der Waals surface area contributed by atoms with Crippen molar-refractivity contribution in [3.8, 4) is 0 Å². The van der Waals surface area contributed by atoms with E-state index >= 15 is 0 Å². The summed E-state index contributed by atoms with van der Waals surface area (Å²) in [5.74, 6) is -1.18. The van der Waals surface area contributed by atoms with Crippen LogP contribution < -0.4 is 0 Å². The largest absolute Gasteiger partial charge is 0.342 e. The summed E-state index contributed by atoms with van der Waals surface area (Å²) in [5.41, 5.74) is 4.11. The van der Waals surface area contributed by atoms with E-state index in [0.29, 0.717) is 6.54 Å². The van der Waals surface area contributed by atoms with Gasteiger partial charge in [0.2, 0.25) is 0 Å². The van der Waals surface area contributed by atoms with Crippen LogP contribution in [0.25, 0.3) is 17.0 Å². The molecule has 0 unspecified atom stereocenters. The van der Waals surface area contributed by atoms with E-state index in [1.165, 1.54) is 19.7 Å². The number of fused-ring (bicyclic) bond motifs is 1. The number of hydrogen-bond acceptors (Lipinski definition) is 3. The molecule has 0 spiro atoms. The Morgan fingerprint density at radius 3 is 2.14 bits per heavy atom. The standard InChI is InChI=1S/C23H21N3O3/c1-15-8-10-16(11-9-15)13-26-14-17(18-6-4-5-7-20(18)26)12-19-21(27)24(2)23(29)25(3)22(19)28/h4-12,14H,13H2,1-3H3. The number of aromatic nitrogens is 1. The maximum absolute atomic E-state index is 12.5. The molecule has 1 aromatic heterocycles. The van der Waals surface area contributed by atoms with Crippen molar-refractivity contribution in [3.63, 3.8) is 0 Å². The van der Waals surface area contributed by atoms with Gasteiger partial charge >= 0.3 is 6.03 Å². The molecule has 1 aliphatic heterocycles. The highest BCUT2D eigenvalue weighted by atomic mass is 16.2. The summed E-state index contributed by atoms with van der Waals surface area (Å²) >= 11 is 0. The molecule has 6 heteroatoms. The zero-order chi connectivity index (χ0) is 20.7. The summed E-state index contributed by atoms with van der Waals surface area (Å²) < 4.78 is 2.10. The highest BCUT2D eigenvalue weighted by Gasteiger charge is 2.37. The number of urea groups is 1. The molecule has 0 saturated carbocycles. The molecule has 4 rings (SSSR count). The number of likely N-dealkylation sites (N-methyl/N-ethyl adjacent to an activating group) is 2. The molecule has 1 saturated heterocycles. The Balaban J connectivity index is 1.79. The van der Waals surface area contributed by atoms with Gasteiger partial charge in [-0.3, -0.25) is 19.4 Å². The Bertz CT molecular complexity index is 1150. The normalized spacial score (nSPS) is 14.9. The van der Waals surface area contributed by atoms with Crippen LogP contribution >= 0.6 is 0 Å². The molecule has 2 aromatic carbocycles. The number of para-hydroxylation sites is 1. The van der Waals surface area contributed by atoms with E-state index in [2.05, 4.69) is 35.8 Å². The van der Waals surface area contributed by atoms with Gasteiger partial charge in [0.25, 0.3) is 11.8 Å². The molecule has 1 aliphatic rings. The van der Waals surface area contributed by atoms with Crippen LogP contribution in [0.5, 0.6) is 0 Å². The summed E-state index contributed by atoms with van der Waals surface area (Å²) in [7, 11) is 2.75. The maximum atomic E-state index is 12.5. The molecule has 0 radical (unpaired) electrons. The number of nitrogens with zero attached hydrogens (tertiary/aromatic N) is 3. The van der Waals surface area contributed by atoms with E-state index in [4.69, 9.17) is 0 Å². The number of hydrogen-bond donors (Lipinski definition) is 0. The average Bonchev–Trinajstić information content (AvgIpc) is 3.07. The number of imide groups is 2. The van der Waals surface area contributed by atoms with Gasteiger partial charge in [-0.15, -0.1) is 0 Å². The van der Waals surface area contributed by atoms with Gasteiger partial charge < -0.3 is 4.57 Å². The number of aryl methyl sites for hydroxylation is 1. The molecule has 0 N–H and O–H groups in total. The predicted octanol–water partition coefficient (Wildman–Crippen LogP) is 3.43. The number of carbonyl (C=O) groups is 3. The minimum absolute atomic E-state index is 0.0205. The van der Waals surface area contributed by atoms with Crippen LogP contribution in [0.4, 0.5) is 4.79 Å². The first kappa shape index (κ1) is 18.7. The SMILES string of the molecule is Cc1ccc(Cn2cc(C=C3C(=O)N(C)C(=O)N(C)C3=O)c3ccccc32)cc1. The van der Waals surface area contributed by atoms with Gasteiger partial charge in [-0.25, -0.2) is 4.79 Å². The molecular formula is C23H21N3O3. The number of benzene rings is 2. The lowest BCUT2D eigenvalue weighted by Gasteiger charge is -2.28. The van der Waals surface area contributed by atoms with Crippen molar-refractivity contribution in [2.24, 2.45) is 0 Å². The first-order chi connectivity index (χ1) is 13.9. The lowest BCUT2D eigenvalue weighted by Crippen LogP contribution is -2.52. The van der Waals surface area contributed by atoms with Gasteiger partial charge in [0.1, 0.15) is 5.57 Å². The third-order valence-corrected chi connectivity index (χ3v) is 5.24. The number of amides is 4. The Morgan fingerprint density at radius 1 is 0.862 bits per heavy atom. The topological polar surface area (TPSA) is 62.6 Å². The predicted molar refractivity (Wildman–Crippen MR) is 111 cm³/mol. The van der Waals surface area contributed by atoms with Gasteiger partial charge in [-0.1, -0.05) is 48.0 Å². The fraction of sp³-hybridized carbons (Fsp3) is 0.174. The summed E-state index contributed by atoms with van der Waals surface area (Å²) in [4.78, 5) is 39.0. The molecule has 4 amide bonds. The van der Waals surface area contributed by atoms with Crippen LogP contribution in [0.15, 0.2) is 60.3 Å². The number of barbiturate groups is 1. The molecule has 0 aliphatic carbocycles. The monoisotopic (exact) mass is 387 g/mol. The third kappa shape index (κ3) is 3.23. The fourth-order valence-electron chi connectivity index (χ4n) is 3.54. The second kappa shape index (κ2) is 7.05. The minimum Gasteiger partial charge on any atom is -0.342 e. The van der Waals surface area contributed by atoms with E-state index < -0.39 is 17.8 Å². The summed E-state index contributed by atoms with van der Waals surface area (Å²) in [5, 5.41) is 0.940. The van der Waals surface area contributed by atoms with Crippen molar-refractivity contribution in [2.45, 2.75) is 13.5 Å². The second-order valence-electron chi connectivity index (χ2n) is 7.28. The zero-order valence-electron chi connectivity index (χ0n) is 16.5. The van der Waals surface area contributed by atoms with Crippen molar-refractivity contribution < 1.29 is 14.4 Å². The quantitative estimate of drug-likeness (QED) is 0.511. The lowest BCUT2D eigenvalue weighted by atomic mass is 10.1. The Labute approximate surface area is 168 Å². The van der Waals surface area contributed by atoms with Crippen LogP contribution in [-0.4, -0.2) is 46.3 Å². The van der Waals surface area contributed by atoms with Crippen LogP contribution in [-0.2, 0) is 16.1 Å². The Kier molecular flexibility index (Phi) is 4.54. The number of rotatable bonds is 3. The van der Waals surface area contributed by atoms with Crippen LogP contribution in [0.1, 0.15) is 16.7 Å². The van der Waals surface area contributed by atoms with E-state index in [0.717, 1.165) is 31.8 Å². The van der Waals surface area contributed by atoms with Crippen LogP contribution in [0.2, 0.25) is 0 Å². The molecule has 29 heavy (non-hydrogen) atoms. The van der Waals surface area contributed by atoms with Crippen molar-refractivity contribution in [1.29, 1.82) is 0 Å². The molecule has 0 bridgehead atoms. The maximum Gasteiger partial charge on any atom is 0.333 e. The number of carbonyl (C=O) groups excluding carboxylic acids is 3. The second-order valence-corrected chi connectivity index (χ2v) is 7.28. The summed E-state index contributed by atoms with van der Waals surface area (Å²) in [6.45, 7) is 2.72. The molecular weight excluding hydrogens is 366 g/mol. The summed E-state index contributed by atoms with van der Waals surface area (Å²) in [6, 6.07) is 15.6. The van der Waals surface area contributed by atoms with Crippen molar-refractivity contribution >= 4 is 34.8 Å². The summed E-state index contributed by atoms with van der Waals surface area (Å²) in [6.07, 6.45) is 3.52. The smallest absolute Gasteiger partial charge is 0.333 e. The first-order valence-electron chi connectivity index (χ1n) is 9.32. The van der Waals surface area contributed by atoms with Gasteiger partial charge in [0.15, 0.2) is 0 Å². The Hall–Kier alpha value is -3.67. The minimum atomic E-state index is -0.626. The lowest BCUT2D eigenvalue weighted by molar-refractivity contribution is -0.134. The van der Waals surface area contributed by atoms with Gasteiger partial charge in [-0.05, 0) is 24.6 Å². The molecule has 0 atom stereocenters. The van der Waals surface area contributed by atoms with Crippen LogP contribution in [0.3, 0.4) is 0 Å². The fourth-order valence-corrected chi connectivity index (χ4v) is 3.54. The van der Waals surface area contributed by atoms with Crippen molar-refractivity contribution in [3.05, 3.63) is 77.0 Å². The van der Waals surface area contributed by atoms with Gasteiger partial charge in [0.05, 0.1) is 0 Å². The van der Waals surface area contributed by atoms with E-state index in [1.54, 1.807) is 6.08 Å². The van der Waals surface area contributed by atoms with E-state index in [9.17, 15) is 14.4 Å². The van der Waals surface area contributed by atoms with Crippen LogP contribution in [0, 0.1) is 6.92 Å². The van der Waals surface area contributed by atoms with E-state index in [1.807, 2.05) is 30.5 Å². The molecule has 3 aromatic rings. The average molecular weight is 387 g/mol. The zero-order valence-corrected chi connectivity index (χ0v) is 16.5. The molecule has 2 heterocycles. The van der Waals surface area contributed by atoms with Gasteiger partial charge in [0, 0.05) is 43.3 Å². The highest BCUT2D eigenvalue weighted by molar-refractivity contribution is 6.31. The first-order valence-corrected chi connectivity index (χ1v) is 9.32. The molecule has 6 nitrogen and oxygen atoms in total. The molecule has 146 valence electrons.